The topological polar surface area (TPSA) is 64.6 Å². The van der Waals surface area contributed by atoms with E-state index in [2.05, 4.69) is 5.32 Å². The third kappa shape index (κ3) is 6.28. The Morgan fingerprint density at radius 1 is 1.11 bits per heavy atom. The number of hydrogen-bond donors (Lipinski definition) is 1. The molecule has 0 fully saturated rings. The van der Waals surface area contributed by atoms with E-state index in [0.29, 0.717) is 5.69 Å². The van der Waals surface area contributed by atoms with Crippen LogP contribution in [0.1, 0.15) is 12.5 Å². The fraction of sp³-hybridized carbons (Fsp3) is 0.222. The second-order valence-electron chi connectivity index (χ2n) is 5.44. The molecule has 0 saturated heterocycles. The maximum atomic E-state index is 12.8. The molecule has 0 spiro atoms. The van der Waals surface area contributed by atoms with E-state index >= 15 is 0 Å². The van der Waals surface area contributed by atoms with Gasteiger partial charge in [-0.1, -0.05) is 6.07 Å². The first-order chi connectivity index (χ1) is 12.6. The zero-order chi connectivity index (χ0) is 20.0. The minimum absolute atomic E-state index is 0.162. The van der Waals surface area contributed by atoms with Gasteiger partial charge in [-0.25, -0.2) is 9.18 Å². The Bertz CT molecular complexity index is 806. The van der Waals surface area contributed by atoms with Crippen molar-refractivity contribution in [2.75, 3.05) is 11.9 Å². The van der Waals surface area contributed by atoms with Gasteiger partial charge in [0.25, 0.3) is 5.91 Å². The van der Waals surface area contributed by atoms with Crippen molar-refractivity contribution in [3.05, 3.63) is 59.9 Å². The summed E-state index contributed by atoms with van der Waals surface area (Å²) in [6.45, 7) is 0.635. The van der Waals surface area contributed by atoms with Gasteiger partial charge in [0.2, 0.25) is 0 Å². The number of rotatable bonds is 6. The van der Waals surface area contributed by atoms with Crippen molar-refractivity contribution in [2.24, 2.45) is 0 Å². The van der Waals surface area contributed by atoms with Crippen molar-refractivity contribution in [3.8, 4) is 5.75 Å². The molecule has 144 valence electrons. The number of amides is 1. The van der Waals surface area contributed by atoms with Gasteiger partial charge >= 0.3 is 12.1 Å². The maximum Gasteiger partial charge on any atom is 0.416 e. The molecule has 1 amide bonds. The molecule has 0 aliphatic heterocycles. The SMILES string of the molecule is C[C@H](OC(=O)COc1cccc(C(F)(F)F)c1)C(=O)Nc1ccc(F)cc1. The van der Waals surface area contributed by atoms with Crippen LogP contribution in [0.15, 0.2) is 48.5 Å². The van der Waals surface area contributed by atoms with Crippen LogP contribution in [-0.2, 0) is 20.5 Å². The highest BCUT2D eigenvalue weighted by molar-refractivity contribution is 5.95. The third-order valence-electron chi connectivity index (χ3n) is 3.31. The molecule has 1 atom stereocenters. The summed E-state index contributed by atoms with van der Waals surface area (Å²) < 4.78 is 60.5. The summed E-state index contributed by atoms with van der Waals surface area (Å²) >= 11 is 0. The molecule has 0 bridgehead atoms. The average molecular weight is 385 g/mol. The van der Waals surface area contributed by atoms with Gasteiger partial charge in [0.1, 0.15) is 11.6 Å². The minimum Gasteiger partial charge on any atom is -0.482 e. The molecule has 9 heteroatoms. The molecular weight excluding hydrogens is 370 g/mol. The number of halogens is 4. The monoisotopic (exact) mass is 385 g/mol. The van der Waals surface area contributed by atoms with E-state index in [1.165, 1.54) is 25.1 Å². The van der Waals surface area contributed by atoms with E-state index in [-0.39, 0.29) is 5.75 Å². The van der Waals surface area contributed by atoms with Gasteiger partial charge in [0, 0.05) is 5.69 Å². The number of esters is 1. The molecule has 5 nitrogen and oxygen atoms in total. The molecule has 2 rings (SSSR count). The average Bonchev–Trinajstić information content (AvgIpc) is 2.61. The van der Waals surface area contributed by atoms with Crippen LogP contribution in [0.25, 0.3) is 0 Å². The van der Waals surface area contributed by atoms with Crippen molar-refractivity contribution in [3.63, 3.8) is 0 Å². The number of alkyl halides is 3. The lowest BCUT2D eigenvalue weighted by Gasteiger charge is -2.14. The fourth-order valence-corrected chi connectivity index (χ4v) is 1.97. The standard InChI is InChI=1S/C18H15F4NO4/c1-11(17(25)23-14-7-5-13(19)6-8-14)27-16(24)10-26-15-4-2-3-12(9-15)18(20,21)22/h2-9,11H,10H2,1H3,(H,23,25)/t11-/m0/s1. The van der Waals surface area contributed by atoms with Gasteiger partial charge in [-0.2, -0.15) is 13.2 Å². The van der Waals surface area contributed by atoms with Crippen LogP contribution in [-0.4, -0.2) is 24.6 Å². The van der Waals surface area contributed by atoms with Crippen molar-refractivity contribution >= 4 is 17.6 Å². The first kappa shape index (κ1) is 20.2. The fourth-order valence-electron chi connectivity index (χ4n) is 1.97. The zero-order valence-electron chi connectivity index (χ0n) is 14.0. The quantitative estimate of drug-likeness (QED) is 0.607. The molecule has 0 heterocycles. The van der Waals surface area contributed by atoms with E-state index in [1.54, 1.807) is 0 Å². The van der Waals surface area contributed by atoms with Crippen LogP contribution in [0.4, 0.5) is 23.2 Å². The number of anilines is 1. The minimum atomic E-state index is -4.53. The Balaban J connectivity index is 1.84. The summed E-state index contributed by atoms with van der Waals surface area (Å²) in [5.41, 5.74) is -0.607. The van der Waals surface area contributed by atoms with Gasteiger partial charge in [-0.05, 0) is 49.4 Å². The van der Waals surface area contributed by atoms with Gasteiger partial charge in [0.15, 0.2) is 12.7 Å². The van der Waals surface area contributed by atoms with E-state index in [9.17, 15) is 27.2 Å². The van der Waals surface area contributed by atoms with Gasteiger partial charge in [-0.15, -0.1) is 0 Å². The molecule has 0 radical (unpaired) electrons. The van der Waals surface area contributed by atoms with Gasteiger partial charge in [0.05, 0.1) is 5.56 Å². The number of carbonyl (C=O) groups excluding carboxylic acids is 2. The zero-order valence-corrected chi connectivity index (χ0v) is 14.0. The van der Waals surface area contributed by atoms with E-state index in [0.717, 1.165) is 30.3 Å². The van der Waals surface area contributed by atoms with Gasteiger partial charge < -0.3 is 14.8 Å². The largest absolute Gasteiger partial charge is 0.482 e. The first-order valence-electron chi connectivity index (χ1n) is 7.71. The summed E-state index contributed by atoms with van der Waals surface area (Å²) in [7, 11) is 0. The summed E-state index contributed by atoms with van der Waals surface area (Å²) in [6.07, 6.45) is -5.72. The van der Waals surface area contributed by atoms with E-state index in [1.807, 2.05) is 0 Å². The first-order valence-corrected chi connectivity index (χ1v) is 7.71. The lowest BCUT2D eigenvalue weighted by atomic mass is 10.2. The molecule has 0 aliphatic rings. The predicted octanol–water partition coefficient (Wildman–Crippen LogP) is 3.79. The Hall–Kier alpha value is -3.10. The third-order valence-corrected chi connectivity index (χ3v) is 3.31. The molecular formula is C18H15F4NO4. The summed E-state index contributed by atoms with van der Waals surface area (Å²) in [6, 6.07) is 8.97. The number of benzene rings is 2. The van der Waals surface area contributed by atoms with Crippen LogP contribution < -0.4 is 10.1 Å². The van der Waals surface area contributed by atoms with E-state index in [4.69, 9.17) is 9.47 Å². The highest BCUT2D eigenvalue weighted by atomic mass is 19.4. The van der Waals surface area contributed by atoms with Crippen LogP contribution in [0.3, 0.4) is 0 Å². The number of hydrogen-bond acceptors (Lipinski definition) is 4. The van der Waals surface area contributed by atoms with Crippen molar-refractivity contribution in [1.82, 2.24) is 0 Å². The highest BCUT2D eigenvalue weighted by Crippen LogP contribution is 2.31. The Labute approximate surface area is 151 Å². The van der Waals surface area contributed by atoms with Crippen molar-refractivity contribution < 1.29 is 36.6 Å². The lowest BCUT2D eigenvalue weighted by Crippen LogP contribution is -2.31. The van der Waals surface area contributed by atoms with Crippen LogP contribution in [0, 0.1) is 5.82 Å². The molecule has 0 unspecified atom stereocenters. The van der Waals surface area contributed by atoms with Gasteiger partial charge in [-0.3, -0.25) is 4.79 Å². The van der Waals surface area contributed by atoms with Crippen LogP contribution in [0.2, 0.25) is 0 Å². The molecule has 2 aromatic rings. The molecule has 0 aromatic heterocycles. The van der Waals surface area contributed by atoms with Crippen molar-refractivity contribution in [1.29, 1.82) is 0 Å². The summed E-state index contributed by atoms with van der Waals surface area (Å²) in [5, 5.41) is 2.42. The molecule has 1 N–H and O–H groups in total. The highest BCUT2D eigenvalue weighted by Gasteiger charge is 2.30. The summed E-state index contributed by atoms with van der Waals surface area (Å²) in [5.74, 6) is -2.23. The van der Waals surface area contributed by atoms with Crippen molar-refractivity contribution in [2.45, 2.75) is 19.2 Å². The van der Waals surface area contributed by atoms with E-state index < -0.39 is 42.1 Å². The second kappa shape index (κ2) is 8.52. The maximum absolute atomic E-state index is 12.8. The molecule has 0 saturated carbocycles. The lowest BCUT2D eigenvalue weighted by molar-refractivity contribution is -0.155. The Morgan fingerprint density at radius 3 is 2.41 bits per heavy atom. The second-order valence-corrected chi connectivity index (χ2v) is 5.44. The molecule has 27 heavy (non-hydrogen) atoms. The Morgan fingerprint density at radius 2 is 1.78 bits per heavy atom. The van der Waals surface area contributed by atoms with Crippen LogP contribution in [0.5, 0.6) is 5.75 Å². The summed E-state index contributed by atoms with van der Waals surface area (Å²) in [4.78, 5) is 23.6. The number of ether oxygens (including phenoxy) is 2. The predicted molar refractivity (Wildman–Crippen MR) is 87.5 cm³/mol. The Kier molecular flexibility index (Phi) is 6.38. The number of carbonyl (C=O) groups is 2. The smallest absolute Gasteiger partial charge is 0.416 e. The number of nitrogens with one attached hydrogen (secondary N) is 1. The molecule has 0 aliphatic carbocycles. The van der Waals surface area contributed by atoms with Crippen LogP contribution >= 0.6 is 0 Å². The molecule has 2 aromatic carbocycles. The normalized spacial score (nSPS) is 12.2.